The van der Waals surface area contributed by atoms with Gasteiger partial charge in [0.25, 0.3) is 5.91 Å². The average Bonchev–Trinajstić information content (AvgIpc) is 3.07. The molecule has 0 unspecified atom stereocenters. The maximum absolute atomic E-state index is 12.7. The van der Waals surface area contributed by atoms with E-state index >= 15 is 0 Å². The Morgan fingerprint density at radius 2 is 1.64 bits per heavy atom. The summed E-state index contributed by atoms with van der Waals surface area (Å²) in [7, 11) is 4.74. The first-order valence-corrected chi connectivity index (χ1v) is 9.43. The van der Waals surface area contributed by atoms with E-state index in [-0.39, 0.29) is 5.91 Å². The van der Waals surface area contributed by atoms with Gasteiger partial charge < -0.3 is 14.2 Å². The zero-order chi connectivity index (χ0) is 20.3. The Morgan fingerprint density at radius 3 is 2.21 bits per heavy atom. The highest BCUT2D eigenvalue weighted by molar-refractivity contribution is 7.16. The minimum atomic E-state index is -0.275. The summed E-state index contributed by atoms with van der Waals surface area (Å²) in [6.45, 7) is 3.97. The molecule has 1 heterocycles. The molecule has 0 atom stereocenters. The van der Waals surface area contributed by atoms with Crippen LogP contribution in [0.3, 0.4) is 0 Å². The van der Waals surface area contributed by atoms with Gasteiger partial charge in [0.05, 0.1) is 27.0 Å². The number of hydrogen-bond donors (Lipinski definition) is 1. The predicted octanol–water partition coefficient (Wildman–Crippen LogP) is 4.71. The molecular weight excluding hydrogens is 376 g/mol. The number of ether oxygens (including phenoxy) is 3. The molecule has 7 heteroatoms. The summed E-state index contributed by atoms with van der Waals surface area (Å²) >= 11 is 1.43. The maximum Gasteiger partial charge on any atom is 0.257 e. The number of nitrogens with one attached hydrogen (secondary N) is 1. The Balaban J connectivity index is 1.86. The summed E-state index contributed by atoms with van der Waals surface area (Å²) in [5, 5.41) is 3.40. The highest BCUT2D eigenvalue weighted by Gasteiger charge is 2.15. The van der Waals surface area contributed by atoms with Gasteiger partial charge >= 0.3 is 0 Å². The Labute approximate surface area is 168 Å². The summed E-state index contributed by atoms with van der Waals surface area (Å²) in [5.41, 5.74) is 3.29. The van der Waals surface area contributed by atoms with Crippen LogP contribution in [0.5, 0.6) is 17.2 Å². The number of aryl methyl sites for hydroxylation is 2. The van der Waals surface area contributed by atoms with Gasteiger partial charge in [-0.1, -0.05) is 0 Å². The molecule has 0 saturated carbocycles. The quantitative estimate of drug-likeness (QED) is 0.651. The first-order valence-electron chi connectivity index (χ1n) is 8.62. The van der Waals surface area contributed by atoms with Gasteiger partial charge in [0, 0.05) is 22.1 Å². The van der Waals surface area contributed by atoms with Crippen molar-refractivity contribution in [2.24, 2.45) is 0 Å². The fraction of sp³-hybridized carbons (Fsp3) is 0.238. The molecule has 0 aliphatic rings. The second kappa shape index (κ2) is 8.31. The number of aromatic nitrogens is 1. The predicted molar refractivity (Wildman–Crippen MR) is 111 cm³/mol. The molecule has 0 radical (unpaired) electrons. The summed E-state index contributed by atoms with van der Waals surface area (Å²) in [4.78, 5) is 18.3. The van der Waals surface area contributed by atoms with Crippen molar-refractivity contribution >= 4 is 22.4 Å². The number of methoxy groups -OCH3 is 3. The Bertz CT molecular complexity index is 991. The van der Waals surface area contributed by atoms with Gasteiger partial charge in [0.2, 0.25) is 0 Å². The van der Waals surface area contributed by atoms with E-state index in [9.17, 15) is 4.79 Å². The first-order chi connectivity index (χ1) is 13.4. The topological polar surface area (TPSA) is 69.7 Å². The van der Waals surface area contributed by atoms with Crippen molar-refractivity contribution in [2.75, 3.05) is 26.6 Å². The van der Waals surface area contributed by atoms with Crippen LogP contribution in [-0.4, -0.2) is 32.2 Å². The Kier molecular flexibility index (Phi) is 5.84. The monoisotopic (exact) mass is 398 g/mol. The number of hydrogen-bond acceptors (Lipinski definition) is 6. The summed E-state index contributed by atoms with van der Waals surface area (Å²) in [6.07, 6.45) is 0. The molecule has 146 valence electrons. The number of amides is 1. The van der Waals surface area contributed by atoms with Crippen molar-refractivity contribution in [3.05, 3.63) is 52.4 Å². The lowest BCUT2D eigenvalue weighted by Gasteiger charge is -2.08. The van der Waals surface area contributed by atoms with Gasteiger partial charge in [-0.25, -0.2) is 4.98 Å². The fourth-order valence-electron chi connectivity index (χ4n) is 2.85. The summed E-state index contributed by atoms with van der Waals surface area (Å²) < 4.78 is 15.8. The number of anilines is 1. The maximum atomic E-state index is 12.7. The molecule has 0 spiro atoms. The Hall–Kier alpha value is -3.06. The summed E-state index contributed by atoms with van der Waals surface area (Å²) in [6, 6.07) is 10.9. The van der Waals surface area contributed by atoms with Gasteiger partial charge in [0.1, 0.15) is 17.2 Å². The highest BCUT2D eigenvalue weighted by Crippen LogP contribution is 2.33. The Morgan fingerprint density at radius 1 is 0.964 bits per heavy atom. The van der Waals surface area contributed by atoms with Crippen molar-refractivity contribution < 1.29 is 19.0 Å². The molecule has 1 N–H and O–H groups in total. The standard InChI is InChI=1S/C21H22N2O4S/c1-12-8-14(6-7-18(12)27-5)19-13(2)28-21(22-19)23-20(24)15-9-16(25-3)11-17(10-15)26-4/h6-11H,1-5H3,(H,22,23,24). The van der Waals surface area contributed by atoms with E-state index < -0.39 is 0 Å². The van der Waals surface area contributed by atoms with Crippen molar-refractivity contribution in [2.45, 2.75) is 13.8 Å². The van der Waals surface area contributed by atoms with E-state index in [4.69, 9.17) is 14.2 Å². The van der Waals surface area contributed by atoms with Gasteiger partial charge in [-0.2, -0.15) is 0 Å². The SMILES string of the molecule is COc1cc(OC)cc(C(=O)Nc2nc(-c3ccc(OC)c(C)c3)c(C)s2)c1. The molecule has 1 aromatic heterocycles. The smallest absolute Gasteiger partial charge is 0.257 e. The fourth-order valence-corrected chi connectivity index (χ4v) is 3.68. The molecule has 0 saturated heterocycles. The lowest BCUT2D eigenvalue weighted by molar-refractivity contribution is 0.102. The summed E-state index contributed by atoms with van der Waals surface area (Å²) in [5.74, 6) is 1.66. The molecule has 0 aliphatic carbocycles. The van der Waals surface area contributed by atoms with Crippen LogP contribution in [-0.2, 0) is 0 Å². The molecule has 0 bridgehead atoms. The molecule has 28 heavy (non-hydrogen) atoms. The third-order valence-electron chi connectivity index (χ3n) is 4.30. The van der Waals surface area contributed by atoms with Crippen LogP contribution < -0.4 is 19.5 Å². The van der Waals surface area contributed by atoms with Crippen molar-refractivity contribution in [1.82, 2.24) is 4.98 Å². The number of carbonyl (C=O) groups excluding carboxylic acids is 1. The molecular formula is C21H22N2O4S. The second-order valence-corrected chi connectivity index (χ2v) is 7.37. The van der Waals surface area contributed by atoms with Crippen LogP contribution in [0.25, 0.3) is 11.3 Å². The van der Waals surface area contributed by atoms with Gasteiger partial charge in [-0.3, -0.25) is 10.1 Å². The van der Waals surface area contributed by atoms with Crippen LogP contribution >= 0.6 is 11.3 Å². The van der Waals surface area contributed by atoms with Gasteiger partial charge in [0.15, 0.2) is 5.13 Å². The van der Waals surface area contributed by atoms with Crippen LogP contribution in [0, 0.1) is 13.8 Å². The number of carbonyl (C=O) groups is 1. The molecule has 0 aliphatic heterocycles. The van der Waals surface area contributed by atoms with E-state index in [0.717, 1.165) is 27.4 Å². The minimum absolute atomic E-state index is 0.275. The van der Waals surface area contributed by atoms with Crippen LogP contribution in [0.15, 0.2) is 36.4 Å². The molecule has 3 rings (SSSR count). The number of rotatable bonds is 6. The van der Waals surface area contributed by atoms with Crippen LogP contribution in [0.1, 0.15) is 20.8 Å². The third kappa shape index (κ3) is 4.09. The zero-order valence-corrected chi connectivity index (χ0v) is 17.3. The van der Waals surface area contributed by atoms with Gasteiger partial charge in [-0.15, -0.1) is 11.3 Å². The van der Waals surface area contributed by atoms with Crippen molar-refractivity contribution in [3.63, 3.8) is 0 Å². The van der Waals surface area contributed by atoms with Crippen LogP contribution in [0.2, 0.25) is 0 Å². The molecule has 1 amide bonds. The highest BCUT2D eigenvalue weighted by atomic mass is 32.1. The van der Waals surface area contributed by atoms with E-state index in [0.29, 0.717) is 22.2 Å². The minimum Gasteiger partial charge on any atom is -0.497 e. The van der Waals surface area contributed by atoms with Crippen LogP contribution in [0.4, 0.5) is 5.13 Å². The molecule has 6 nitrogen and oxygen atoms in total. The lowest BCUT2D eigenvalue weighted by Crippen LogP contribution is -2.12. The first kappa shape index (κ1) is 19.7. The van der Waals surface area contributed by atoms with E-state index in [1.807, 2.05) is 32.0 Å². The third-order valence-corrected chi connectivity index (χ3v) is 5.19. The molecule has 2 aromatic carbocycles. The molecule has 3 aromatic rings. The van der Waals surface area contributed by atoms with Crippen molar-refractivity contribution in [1.29, 1.82) is 0 Å². The van der Waals surface area contributed by atoms with E-state index in [2.05, 4.69) is 10.3 Å². The zero-order valence-electron chi connectivity index (χ0n) is 16.5. The number of benzene rings is 2. The van der Waals surface area contributed by atoms with Gasteiger partial charge in [-0.05, 0) is 49.7 Å². The normalized spacial score (nSPS) is 10.5. The molecule has 0 fully saturated rings. The number of thiazole rings is 1. The second-order valence-electron chi connectivity index (χ2n) is 6.16. The largest absolute Gasteiger partial charge is 0.497 e. The van der Waals surface area contributed by atoms with E-state index in [1.165, 1.54) is 11.3 Å². The lowest BCUT2D eigenvalue weighted by atomic mass is 10.1. The number of nitrogens with zero attached hydrogens (tertiary/aromatic N) is 1. The average molecular weight is 398 g/mol. The van der Waals surface area contributed by atoms with E-state index in [1.54, 1.807) is 39.5 Å². The van der Waals surface area contributed by atoms with Crippen molar-refractivity contribution in [3.8, 4) is 28.5 Å².